The molecule has 24 heavy (non-hydrogen) atoms. The molecule has 1 aromatic carbocycles. The average molecular weight is 339 g/mol. The highest BCUT2D eigenvalue weighted by atomic mass is 16.7. The Labute approximate surface area is 141 Å². The van der Waals surface area contributed by atoms with Gasteiger partial charge in [-0.25, -0.2) is 0 Å². The van der Waals surface area contributed by atoms with E-state index in [1.165, 1.54) is 19.1 Å². The van der Waals surface area contributed by atoms with Crippen LogP contribution in [0.25, 0.3) is 0 Å². The minimum Gasteiger partial charge on any atom is -0.504 e. The summed E-state index contributed by atoms with van der Waals surface area (Å²) in [6.07, 6.45) is -0.767. The molecule has 134 valence electrons. The summed E-state index contributed by atoms with van der Waals surface area (Å²) in [6, 6.07) is 3.62. The van der Waals surface area contributed by atoms with Crippen LogP contribution in [0.1, 0.15) is 33.3 Å². The molecule has 0 aliphatic rings. The van der Waals surface area contributed by atoms with Gasteiger partial charge >= 0.3 is 11.9 Å². The van der Waals surface area contributed by atoms with Crippen molar-refractivity contribution < 1.29 is 29.3 Å². The molecule has 2 unspecified atom stereocenters. The first kappa shape index (κ1) is 19.8. The lowest BCUT2D eigenvalue weighted by Crippen LogP contribution is -2.40. The molecule has 1 rings (SSSR count). The third-order valence-corrected chi connectivity index (χ3v) is 3.28. The second-order valence-corrected chi connectivity index (χ2v) is 6.53. The summed E-state index contributed by atoms with van der Waals surface area (Å²) in [4.78, 5) is 24.0. The molecule has 0 spiro atoms. The van der Waals surface area contributed by atoms with E-state index in [-0.39, 0.29) is 17.9 Å². The summed E-state index contributed by atoms with van der Waals surface area (Å²) in [5.74, 6) is -1.54. The fourth-order valence-corrected chi connectivity index (χ4v) is 1.83. The smallest absolute Gasteiger partial charge is 0.326 e. The maximum atomic E-state index is 12.2. The van der Waals surface area contributed by atoms with E-state index in [1.54, 1.807) is 33.9 Å². The van der Waals surface area contributed by atoms with Crippen LogP contribution >= 0.6 is 0 Å². The highest BCUT2D eigenvalue weighted by Crippen LogP contribution is 2.25. The number of phenols is 2. The zero-order valence-electron chi connectivity index (χ0n) is 14.6. The molecule has 0 fully saturated rings. The first-order valence-corrected chi connectivity index (χ1v) is 7.64. The fraction of sp³-hybridized carbons (Fsp3) is 0.529. The SMILES string of the molecule is CNC(Cc1ccc(O)c(O)c1)C(=O)OC(C)OC(=O)C(C)(C)C. The molecule has 1 aromatic rings. The molecule has 2 atom stereocenters. The topological polar surface area (TPSA) is 105 Å². The van der Waals surface area contributed by atoms with Crippen LogP contribution in [0.3, 0.4) is 0 Å². The maximum Gasteiger partial charge on any atom is 0.326 e. The van der Waals surface area contributed by atoms with Gasteiger partial charge in [0, 0.05) is 6.92 Å². The van der Waals surface area contributed by atoms with Gasteiger partial charge in [0.05, 0.1) is 5.41 Å². The van der Waals surface area contributed by atoms with Gasteiger partial charge in [-0.05, 0) is 51.9 Å². The van der Waals surface area contributed by atoms with Crippen molar-refractivity contribution in [2.24, 2.45) is 5.41 Å². The molecule has 0 saturated carbocycles. The van der Waals surface area contributed by atoms with E-state index in [2.05, 4.69) is 5.32 Å². The molecule has 0 aromatic heterocycles. The van der Waals surface area contributed by atoms with Crippen LogP contribution in [0.15, 0.2) is 18.2 Å². The van der Waals surface area contributed by atoms with E-state index < -0.39 is 29.7 Å². The quantitative estimate of drug-likeness (QED) is 0.411. The lowest BCUT2D eigenvalue weighted by atomic mass is 9.97. The lowest BCUT2D eigenvalue weighted by molar-refractivity contribution is -0.191. The van der Waals surface area contributed by atoms with Crippen LogP contribution in [-0.4, -0.2) is 41.5 Å². The van der Waals surface area contributed by atoms with Gasteiger partial charge in [0.1, 0.15) is 6.04 Å². The van der Waals surface area contributed by atoms with Crippen molar-refractivity contribution in [1.29, 1.82) is 0 Å². The maximum absolute atomic E-state index is 12.2. The number of carbonyl (C=O) groups excluding carboxylic acids is 2. The van der Waals surface area contributed by atoms with Crippen LogP contribution in [0.4, 0.5) is 0 Å². The van der Waals surface area contributed by atoms with E-state index >= 15 is 0 Å². The van der Waals surface area contributed by atoms with Crippen molar-refractivity contribution in [1.82, 2.24) is 5.32 Å². The number of carbonyl (C=O) groups is 2. The minimum absolute atomic E-state index is 0.231. The van der Waals surface area contributed by atoms with Crippen molar-refractivity contribution in [3.8, 4) is 11.5 Å². The molecule has 0 aliphatic carbocycles. The molecule has 0 aliphatic heterocycles. The van der Waals surface area contributed by atoms with Gasteiger partial charge in [0.25, 0.3) is 0 Å². The Morgan fingerprint density at radius 3 is 2.29 bits per heavy atom. The summed E-state index contributed by atoms with van der Waals surface area (Å²) in [6.45, 7) is 6.59. The Morgan fingerprint density at radius 1 is 1.17 bits per heavy atom. The van der Waals surface area contributed by atoms with Crippen molar-refractivity contribution in [3.05, 3.63) is 23.8 Å². The van der Waals surface area contributed by atoms with Gasteiger partial charge in [-0.2, -0.15) is 0 Å². The Balaban J connectivity index is 2.66. The average Bonchev–Trinajstić information content (AvgIpc) is 2.46. The molecular weight excluding hydrogens is 314 g/mol. The van der Waals surface area contributed by atoms with E-state index in [4.69, 9.17) is 9.47 Å². The van der Waals surface area contributed by atoms with Crippen LogP contribution in [0.2, 0.25) is 0 Å². The minimum atomic E-state index is -1.01. The third kappa shape index (κ3) is 5.73. The normalized spacial score (nSPS) is 13.9. The molecule has 7 heteroatoms. The lowest BCUT2D eigenvalue weighted by Gasteiger charge is -2.22. The summed E-state index contributed by atoms with van der Waals surface area (Å²) in [5.41, 5.74) is -0.0481. The summed E-state index contributed by atoms with van der Waals surface area (Å²) >= 11 is 0. The summed E-state index contributed by atoms with van der Waals surface area (Å²) in [7, 11) is 1.60. The van der Waals surface area contributed by atoms with Crippen molar-refractivity contribution in [3.63, 3.8) is 0 Å². The number of hydrogen-bond acceptors (Lipinski definition) is 7. The number of esters is 2. The predicted molar refractivity (Wildman–Crippen MR) is 87.4 cm³/mol. The molecular formula is C17H25NO6. The third-order valence-electron chi connectivity index (χ3n) is 3.28. The number of ether oxygens (including phenoxy) is 2. The van der Waals surface area contributed by atoms with Crippen molar-refractivity contribution in [2.75, 3.05) is 7.05 Å². The number of benzene rings is 1. The van der Waals surface area contributed by atoms with Crippen molar-refractivity contribution >= 4 is 11.9 Å². The van der Waals surface area contributed by atoms with E-state index in [9.17, 15) is 19.8 Å². The highest BCUT2D eigenvalue weighted by Gasteiger charge is 2.27. The number of rotatable bonds is 6. The first-order chi connectivity index (χ1) is 11.0. The largest absolute Gasteiger partial charge is 0.504 e. The number of aromatic hydroxyl groups is 2. The molecule has 0 radical (unpaired) electrons. The predicted octanol–water partition coefficient (Wildman–Crippen LogP) is 1.71. The number of hydrogen-bond donors (Lipinski definition) is 3. The number of nitrogens with one attached hydrogen (secondary N) is 1. The Morgan fingerprint density at radius 2 is 1.79 bits per heavy atom. The molecule has 0 amide bonds. The van der Waals surface area contributed by atoms with Gasteiger partial charge in [0.2, 0.25) is 6.29 Å². The van der Waals surface area contributed by atoms with Crippen LogP contribution < -0.4 is 5.32 Å². The van der Waals surface area contributed by atoms with Crippen LogP contribution in [0, 0.1) is 5.41 Å². The van der Waals surface area contributed by atoms with E-state index in [0.717, 1.165) is 0 Å². The first-order valence-electron chi connectivity index (χ1n) is 7.64. The van der Waals surface area contributed by atoms with Gasteiger partial charge < -0.3 is 25.0 Å². The summed E-state index contributed by atoms with van der Waals surface area (Å²) < 4.78 is 10.2. The Kier molecular flexibility index (Phi) is 6.60. The zero-order valence-corrected chi connectivity index (χ0v) is 14.6. The molecule has 0 bridgehead atoms. The fourth-order valence-electron chi connectivity index (χ4n) is 1.83. The Bertz CT molecular complexity index is 593. The van der Waals surface area contributed by atoms with Crippen LogP contribution in [-0.2, 0) is 25.5 Å². The second-order valence-electron chi connectivity index (χ2n) is 6.53. The monoisotopic (exact) mass is 339 g/mol. The Hall–Kier alpha value is -2.28. The second kappa shape index (κ2) is 8.01. The van der Waals surface area contributed by atoms with Gasteiger partial charge in [-0.3, -0.25) is 9.59 Å². The molecule has 3 N–H and O–H groups in total. The number of phenolic OH excluding ortho intramolecular Hbond substituents is 2. The van der Waals surface area contributed by atoms with E-state index in [0.29, 0.717) is 5.56 Å². The molecule has 0 saturated heterocycles. The highest BCUT2D eigenvalue weighted by molar-refractivity contribution is 5.77. The van der Waals surface area contributed by atoms with E-state index in [1.807, 2.05) is 0 Å². The van der Waals surface area contributed by atoms with Crippen molar-refractivity contribution in [2.45, 2.75) is 46.4 Å². The van der Waals surface area contributed by atoms with Gasteiger partial charge in [0.15, 0.2) is 11.5 Å². The summed E-state index contributed by atoms with van der Waals surface area (Å²) in [5, 5.41) is 21.6. The molecule has 0 heterocycles. The standard InChI is InChI=1S/C17H25NO6/c1-10(24-16(22)17(2,3)4)23-15(21)12(18-5)8-11-6-7-13(19)14(20)9-11/h6-7,9-10,12,18-20H,8H2,1-5H3. The zero-order chi connectivity index (χ0) is 18.5. The molecule has 7 nitrogen and oxygen atoms in total. The number of likely N-dealkylation sites (N-methyl/N-ethyl adjacent to an activating group) is 1. The van der Waals surface area contributed by atoms with Gasteiger partial charge in [-0.1, -0.05) is 6.07 Å². The van der Waals surface area contributed by atoms with Gasteiger partial charge in [-0.15, -0.1) is 0 Å². The van der Waals surface area contributed by atoms with Crippen LogP contribution in [0.5, 0.6) is 11.5 Å².